The average molecular weight is 241 g/mol. The minimum Gasteiger partial charge on any atom is -0.381 e. The monoisotopic (exact) mass is 240 g/mol. The van der Waals surface area contributed by atoms with Gasteiger partial charge in [-0.05, 0) is 30.9 Å². The lowest BCUT2D eigenvalue weighted by Crippen LogP contribution is -2.33. The molecule has 1 aromatic heterocycles. The van der Waals surface area contributed by atoms with Gasteiger partial charge in [0.1, 0.15) is 5.15 Å². The molecule has 2 rings (SSSR count). The van der Waals surface area contributed by atoms with Crippen LogP contribution in [-0.4, -0.2) is 24.2 Å². The molecule has 0 radical (unpaired) electrons. The van der Waals surface area contributed by atoms with Gasteiger partial charge in [-0.15, -0.1) is 0 Å². The van der Waals surface area contributed by atoms with E-state index in [0.29, 0.717) is 17.1 Å². The second-order valence-corrected chi connectivity index (χ2v) is 4.67. The van der Waals surface area contributed by atoms with Crippen LogP contribution in [0.4, 0.5) is 0 Å². The maximum Gasteiger partial charge on any atom is 0.129 e. The van der Waals surface area contributed by atoms with Crippen LogP contribution in [0.2, 0.25) is 5.15 Å². The first kappa shape index (κ1) is 11.8. The molecule has 2 heterocycles. The summed E-state index contributed by atoms with van der Waals surface area (Å²) in [7, 11) is 0. The predicted octanol–water partition coefficient (Wildman–Crippen LogP) is 2.25. The first-order chi connectivity index (χ1) is 7.75. The molecule has 16 heavy (non-hydrogen) atoms. The molecule has 0 bridgehead atoms. The summed E-state index contributed by atoms with van der Waals surface area (Å²) in [4.78, 5) is 4.06. The minimum atomic E-state index is 0.484. The molecule has 0 aromatic carbocycles. The van der Waals surface area contributed by atoms with E-state index in [0.717, 1.165) is 31.7 Å². The lowest BCUT2D eigenvalue weighted by molar-refractivity contribution is 0.178. The Bertz CT molecular complexity index is 322. The van der Waals surface area contributed by atoms with Crippen LogP contribution < -0.4 is 5.32 Å². The third kappa shape index (κ3) is 3.17. The Morgan fingerprint density at radius 1 is 1.62 bits per heavy atom. The zero-order valence-electron chi connectivity index (χ0n) is 9.45. The van der Waals surface area contributed by atoms with Crippen molar-refractivity contribution >= 4 is 11.6 Å². The third-order valence-corrected chi connectivity index (χ3v) is 3.31. The van der Waals surface area contributed by atoms with Gasteiger partial charge < -0.3 is 10.1 Å². The van der Waals surface area contributed by atoms with Gasteiger partial charge in [0.2, 0.25) is 0 Å². The van der Waals surface area contributed by atoms with Gasteiger partial charge in [-0.3, -0.25) is 0 Å². The Labute approximate surface area is 101 Å². The maximum absolute atomic E-state index is 5.73. The van der Waals surface area contributed by atoms with Crippen LogP contribution >= 0.6 is 11.6 Å². The van der Waals surface area contributed by atoms with E-state index in [9.17, 15) is 0 Å². The van der Waals surface area contributed by atoms with E-state index in [1.54, 1.807) is 0 Å². The highest BCUT2D eigenvalue weighted by molar-refractivity contribution is 6.29. The van der Waals surface area contributed by atoms with E-state index in [1.165, 1.54) is 0 Å². The van der Waals surface area contributed by atoms with E-state index < -0.39 is 0 Å². The Balaban J connectivity index is 1.80. The summed E-state index contributed by atoms with van der Waals surface area (Å²) >= 11 is 5.73. The van der Waals surface area contributed by atoms with Gasteiger partial charge >= 0.3 is 0 Å². The number of hydrogen-bond donors (Lipinski definition) is 1. The summed E-state index contributed by atoms with van der Waals surface area (Å²) in [5.74, 6) is 0.639. The summed E-state index contributed by atoms with van der Waals surface area (Å²) in [6.45, 7) is 4.83. The van der Waals surface area contributed by atoms with E-state index in [4.69, 9.17) is 16.3 Å². The van der Waals surface area contributed by atoms with Crippen LogP contribution in [-0.2, 0) is 11.3 Å². The fourth-order valence-electron chi connectivity index (χ4n) is 1.90. The van der Waals surface area contributed by atoms with E-state index in [1.807, 2.05) is 18.3 Å². The smallest absolute Gasteiger partial charge is 0.129 e. The van der Waals surface area contributed by atoms with Crippen LogP contribution in [0.1, 0.15) is 18.9 Å². The standard InChI is InChI=1S/C12H17ClN2O/c1-9(11-4-5-16-8-11)14-6-10-2-3-12(13)15-7-10/h2-3,7,9,11,14H,4-6,8H2,1H3. The molecule has 1 aliphatic rings. The van der Waals surface area contributed by atoms with Gasteiger partial charge in [-0.1, -0.05) is 17.7 Å². The molecule has 0 aliphatic carbocycles. The zero-order chi connectivity index (χ0) is 11.4. The second-order valence-electron chi connectivity index (χ2n) is 4.28. The Hall–Kier alpha value is -0.640. The van der Waals surface area contributed by atoms with Crippen molar-refractivity contribution in [1.82, 2.24) is 10.3 Å². The Kier molecular flexibility index (Phi) is 4.16. The lowest BCUT2D eigenvalue weighted by atomic mass is 10.0. The highest BCUT2D eigenvalue weighted by atomic mass is 35.5. The zero-order valence-corrected chi connectivity index (χ0v) is 10.2. The maximum atomic E-state index is 5.73. The Morgan fingerprint density at radius 2 is 2.50 bits per heavy atom. The van der Waals surface area contributed by atoms with Crippen LogP contribution in [0, 0.1) is 5.92 Å². The summed E-state index contributed by atoms with van der Waals surface area (Å²) in [6, 6.07) is 4.31. The minimum absolute atomic E-state index is 0.484. The van der Waals surface area contributed by atoms with E-state index >= 15 is 0 Å². The summed E-state index contributed by atoms with van der Waals surface area (Å²) in [6.07, 6.45) is 2.97. The van der Waals surface area contributed by atoms with Crippen LogP contribution in [0.3, 0.4) is 0 Å². The second kappa shape index (κ2) is 5.62. The van der Waals surface area contributed by atoms with Crippen molar-refractivity contribution in [2.45, 2.75) is 25.9 Å². The van der Waals surface area contributed by atoms with Crippen molar-refractivity contribution in [2.75, 3.05) is 13.2 Å². The highest BCUT2D eigenvalue weighted by Crippen LogP contribution is 2.16. The third-order valence-electron chi connectivity index (χ3n) is 3.09. The molecular formula is C12H17ClN2O. The predicted molar refractivity (Wildman–Crippen MR) is 64.5 cm³/mol. The van der Waals surface area contributed by atoms with Gasteiger partial charge in [0.25, 0.3) is 0 Å². The summed E-state index contributed by atoms with van der Waals surface area (Å²) in [5.41, 5.74) is 1.16. The fourth-order valence-corrected chi connectivity index (χ4v) is 2.02. The van der Waals surface area contributed by atoms with Crippen molar-refractivity contribution in [1.29, 1.82) is 0 Å². The van der Waals surface area contributed by atoms with Crippen molar-refractivity contribution in [3.05, 3.63) is 29.0 Å². The first-order valence-corrected chi connectivity index (χ1v) is 6.05. The number of aromatic nitrogens is 1. The number of halogens is 1. The van der Waals surface area contributed by atoms with Crippen molar-refractivity contribution in [2.24, 2.45) is 5.92 Å². The summed E-state index contributed by atoms with van der Waals surface area (Å²) in [5, 5.41) is 4.04. The fraction of sp³-hybridized carbons (Fsp3) is 0.583. The Morgan fingerprint density at radius 3 is 3.12 bits per heavy atom. The molecule has 0 spiro atoms. The largest absolute Gasteiger partial charge is 0.381 e. The molecule has 1 saturated heterocycles. The normalized spacial score (nSPS) is 22.2. The average Bonchev–Trinajstić information content (AvgIpc) is 2.81. The molecule has 0 saturated carbocycles. The molecular weight excluding hydrogens is 224 g/mol. The quantitative estimate of drug-likeness (QED) is 0.820. The van der Waals surface area contributed by atoms with Gasteiger partial charge in [0.05, 0.1) is 6.61 Å². The number of rotatable bonds is 4. The van der Waals surface area contributed by atoms with Crippen LogP contribution in [0.15, 0.2) is 18.3 Å². The number of hydrogen-bond acceptors (Lipinski definition) is 3. The highest BCUT2D eigenvalue weighted by Gasteiger charge is 2.21. The number of ether oxygens (including phenoxy) is 1. The number of nitrogens with zero attached hydrogens (tertiary/aromatic N) is 1. The molecule has 2 unspecified atom stereocenters. The van der Waals surface area contributed by atoms with Crippen LogP contribution in [0.25, 0.3) is 0 Å². The van der Waals surface area contributed by atoms with Crippen molar-refractivity contribution < 1.29 is 4.74 Å². The molecule has 4 heteroatoms. The number of pyridine rings is 1. The molecule has 0 amide bonds. The molecule has 1 fully saturated rings. The first-order valence-electron chi connectivity index (χ1n) is 5.67. The van der Waals surface area contributed by atoms with Gasteiger partial charge in [-0.2, -0.15) is 0 Å². The number of nitrogens with one attached hydrogen (secondary N) is 1. The van der Waals surface area contributed by atoms with Crippen LogP contribution in [0.5, 0.6) is 0 Å². The van der Waals surface area contributed by atoms with Crippen molar-refractivity contribution in [3.8, 4) is 0 Å². The molecule has 3 nitrogen and oxygen atoms in total. The van der Waals surface area contributed by atoms with E-state index in [-0.39, 0.29) is 0 Å². The molecule has 1 aromatic rings. The lowest BCUT2D eigenvalue weighted by Gasteiger charge is -2.19. The SMILES string of the molecule is CC(NCc1ccc(Cl)nc1)C1CCOC1. The molecule has 2 atom stereocenters. The molecule has 88 valence electrons. The van der Waals surface area contributed by atoms with Gasteiger partial charge in [-0.25, -0.2) is 4.98 Å². The van der Waals surface area contributed by atoms with E-state index in [2.05, 4.69) is 17.2 Å². The van der Waals surface area contributed by atoms with Crippen molar-refractivity contribution in [3.63, 3.8) is 0 Å². The molecule has 1 aliphatic heterocycles. The summed E-state index contributed by atoms with van der Waals surface area (Å²) < 4.78 is 5.38. The topological polar surface area (TPSA) is 34.2 Å². The van der Waals surface area contributed by atoms with Gasteiger partial charge in [0, 0.05) is 25.4 Å². The molecule has 1 N–H and O–H groups in total. The van der Waals surface area contributed by atoms with Gasteiger partial charge in [0.15, 0.2) is 0 Å².